The molecule has 0 amide bonds. The number of phenols is 1. The maximum Gasteiger partial charge on any atom is 0.118 e. The highest BCUT2D eigenvalue weighted by Crippen LogP contribution is 2.30. The third-order valence-corrected chi connectivity index (χ3v) is 3.73. The highest BCUT2D eigenvalue weighted by Gasteiger charge is 2.07. The summed E-state index contributed by atoms with van der Waals surface area (Å²) in [5.74, 6) is 0.399. The van der Waals surface area contributed by atoms with Crippen molar-refractivity contribution in [2.45, 2.75) is 40.0 Å². The number of aromatic hydroxyl groups is 1. The lowest BCUT2D eigenvalue weighted by atomic mass is 9.93. The van der Waals surface area contributed by atoms with E-state index < -0.39 is 0 Å². The molecule has 0 saturated carbocycles. The molecule has 0 atom stereocenters. The summed E-state index contributed by atoms with van der Waals surface area (Å²) in [4.78, 5) is 0. The second-order valence-electron chi connectivity index (χ2n) is 4.90. The van der Waals surface area contributed by atoms with Gasteiger partial charge < -0.3 is 5.11 Å². The minimum absolute atomic E-state index is 0.399. The zero-order valence-corrected chi connectivity index (χ0v) is 12.0. The van der Waals surface area contributed by atoms with Crippen LogP contribution in [-0.4, -0.2) is 5.11 Å². The molecule has 0 aliphatic rings. The van der Waals surface area contributed by atoms with Gasteiger partial charge in [0.25, 0.3) is 0 Å². The molecule has 100 valence electrons. The quantitative estimate of drug-likeness (QED) is 0.835. The molecule has 19 heavy (non-hydrogen) atoms. The summed E-state index contributed by atoms with van der Waals surface area (Å²) in [7, 11) is 0. The fourth-order valence-corrected chi connectivity index (χ4v) is 2.46. The molecule has 1 heteroatoms. The average molecular weight is 254 g/mol. The molecule has 0 fully saturated rings. The van der Waals surface area contributed by atoms with E-state index in [1.54, 1.807) is 0 Å². The highest BCUT2D eigenvalue weighted by molar-refractivity contribution is 5.70. The van der Waals surface area contributed by atoms with Crippen LogP contribution >= 0.6 is 0 Å². The number of benzene rings is 2. The Morgan fingerprint density at radius 2 is 1.53 bits per heavy atom. The zero-order valence-electron chi connectivity index (χ0n) is 12.0. The van der Waals surface area contributed by atoms with Crippen LogP contribution < -0.4 is 0 Å². The number of phenolic OH excluding ortho intramolecular Hbond substituents is 1. The predicted octanol–water partition coefficient (Wildman–Crippen LogP) is 4.75. The van der Waals surface area contributed by atoms with Crippen molar-refractivity contribution in [2.24, 2.45) is 0 Å². The molecule has 0 radical (unpaired) electrons. The van der Waals surface area contributed by atoms with Gasteiger partial charge in [-0.3, -0.25) is 0 Å². The van der Waals surface area contributed by atoms with E-state index >= 15 is 0 Å². The Labute approximate surface area is 115 Å². The van der Waals surface area contributed by atoms with Crippen molar-refractivity contribution in [2.75, 3.05) is 0 Å². The molecule has 0 aromatic heterocycles. The van der Waals surface area contributed by atoms with Crippen molar-refractivity contribution in [3.8, 4) is 16.9 Å². The highest BCUT2D eigenvalue weighted by atomic mass is 16.3. The van der Waals surface area contributed by atoms with Crippen LogP contribution in [0.3, 0.4) is 0 Å². The molecule has 2 rings (SSSR count). The average Bonchev–Trinajstić information content (AvgIpc) is 2.47. The molecular formula is C18H22O. The van der Waals surface area contributed by atoms with E-state index in [4.69, 9.17) is 0 Å². The molecule has 0 unspecified atom stereocenters. The van der Waals surface area contributed by atoms with Crippen LogP contribution in [0.2, 0.25) is 0 Å². The summed E-state index contributed by atoms with van der Waals surface area (Å²) in [5, 5.41) is 9.81. The van der Waals surface area contributed by atoms with Crippen LogP contribution in [0.4, 0.5) is 0 Å². The molecule has 1 N–H and O–H groups in total. The lowest BCUT2D eigenvalue weighted by Crippen LogP contribution is -1.92. The van der Waals surface area contributed by atoms with Crippen molar-refractivity contribution in [3.63, 3.8) is 0 Å². The van der Waals surface area contributed by atoms with Crippen LogP contribution in [0.5, 0.6) is 5.75 Å². The van der Waals surface area contributed by atoms with Crippen LogP contribution in [0.25, 0.3) is 11.1 Å². The summed E-state index contributed by atoms with van der Waals surface area (Å²) in [6.45, 7) is 6.44. The van der Waals surface area contributed by atoms with Crippen molar-refractivity contribution in [3.05, 3.63) is 53.1 Å². The maximum absolute atomic E-state index is 9.81. The standard InChI is InChI=1S/C18H22O/c1-4-13-7-8-14(5-2)17(11-13)16-9-10-18(19)15(6-3)12-16/h7-12,19H,4-6H2,1-3H3. The summed E-state index contributed by atoms with van der Waals surface area (Å²) < 4.78 is 0. The van der Waals surface area contributed by atoms with E-state index in [0.29, 0.717) is 5.75 Å². The van der Waals surface area contributed by atoms with Crippen molar-refractivity contribution < 1.29 is 5.11 Å². The molecular weight excluding hydrogens is 232 g/mol. The van der Waals surface area contributed by atoms with Gasteiger partial charge in [-0.2, -0.15) is 0 Å². The van der Waals surface area contributed by atoms with E-state index in [2.05, 4.69) is 45.0 Å². The van der Waals surface area contributed by atoms with Gasteiger partial charge in [0.2, 0.25) is 0 Å². The van der Waals surface area contributed by atoms with Gasteiger partial charge >= 0.3 is 0 Å². The molecule has 0 heterocycles. The van der Waals surface area contributed by atoms with Gasteiger partial charge in [0.15, 0.2) is 0 Å². The van der Waals surface area contributed by atoms with Crippen LogP contribution in [0.15, 0.2) is 36.4 Å². The second kappa shape index (κ2) is 5.92. The zero-order chi connectivity index (χ0) is 13.8. The van der Waals surface area contributed by atoms with Crippen LogP contribution in [-0.2, 0) is 19.3 Å². The normalized spacial score (nSPS) is 10.7. The van der Waals surface area contributed by atoms with Gasteiger partial charge in [0.05, 0.1) is 0 Å². The number of aryl methyl sites for hydroxylation is 3. The monoisotopic (exact) mass is 254 g/mol. The second-order valence-corrected chi connectivity index (χ2v) is 4.90. The first-order valence-corrected chi connectivity index (χ1v) is 7.13. The van der Waals surface area contributed by atoms with Crippen molar-refractivity contribution >= 4 is 0 Å². The van der Waals surface area contributed by atoms with Gasteiger partial charge in [-0.05, 0) is 59.2 Å². The molecule has 0 spiro atoms. The van der Waals surface area contributed by atoms with E-state index in [-0.39, 0.29) is 0 Å². The van der Waals surface area contributed by atoms with E-state index in [1.165, 1.54) is 22.3 Å². The van der Waals surface area contributed by atoms with Gasteiger partial charge in [0.1, 0.15) is 5.75 Å². The lowest BCUT2D eigenvalue weighted by Gasteiger charge is -2.12. The molecule has 1 nitrogen and oxygen atoms in total. The summed E-state index contributed by atoms with van der Waals surface area (Å²) >= 11 is 0. The Bertz CT molecular complexity index is 570. The van der Waals surface area contributed by atoms with Gasteiger partial charge in [-0.1, -0.05) is 45.0 Å². The lowest BCUT2D eigenvalue weighted by molar-refractivity contribution is 0.469. The van der Waals surface area contributed by atoms with Crippen molar-refractivity contribution in [1.82, 2.24) is 0 Å². The summed E-state index contributed by atoms with van der Waals surface area (Å²) in [6, 6.07) is 12.7. The maximum atomic E-state index is 9.81. The topological polar surface area (TPSA) is 20.2 Å². The number of hydrogen-bond acceptors (Lipinski definition) is 1. The summed E-state index contributed by atoms with van der Waals surface area (Å²) in [6.07, 6.45) is 2.94. The Morgan fingerprint density at radius 3 is 2.16 bits per heavy atom. The third-order valence-electron chi connectivity index (χ3n) is 3.73. The Balaban J connectivity index is 2.56. The number of hydrogen-bond donors (Lipinski definition) is 1. The summed E-state index contributed by atoms with van der Waals surface area (Å²) in [5.41, 5.74) is 6.25. The minimum atomic E-state index is 0.399. The molecule has 2 aromatic carbocycles. The predicted molar refractivity (Wildman–Crippen MR) is 81.7 cm³/mol. The fraction of sp³-hybridized carbons (Fsp3) is 0.333. The molecule has 0 aliphatic heterocycles. The van der Waals surface area contributed by atoms with Gasteiger partial charge in [0, 0.05) is 0 Å². The first-order chi connectivity index (χ1) is 9.19. The van der Waals surface area contributed by atoms with Gasteiger partial charge in [-0.25, -0.2) is 0 Å². The fourth-order valence-electron chi connectivity index (χ4n) is 2.46. The molecule has 2 aromatic rings. The minimum Gasteiger partial charge on any atom is -0.508 e. The first-order valence-electron chi connectivity index (χ1n) is 7.13. The molecule has 0 bridgehead atoms. The third kappa shape index (κ3) is 2.81. The number of rotatable bonds is 4. The van der Waals surface area contributed by atoms with E-state index in [9.17, 15) is 5.11 Å². The molecule has 0 saturated heterocycles. The first kappa shape index (κ1) is 13.7. The van der Waals surface area contributed by atoms with Crippen LogP contribution in [0.1, 0.15) is 37.5 Å². The van der Waals surface area contributed by atoms with E-state index in [0.717, 1.165) is 24.8 Å². The van der Waals surface area contributed by atoms with E-state index in [1.807, 2.05) is 12.1 Å². The largest absolute Gasteiger partial charge is 0.508 e. The van der Waals surface area contributed by atoms with Gasteiger partial charge in [-0.15, -0.1) is 0 Å². The Kier molecular flexibility index (Phi) is 4.26. The Hall–Kier alpha value is -1.76. The molecule has 0 aliphatic carbocycles. The SMILES string of the molecule is CCc1ccc(CC)c(-c2ccc(O)c(CC)c2)c1. The Morgan fingerprint density at radius 1 is 0.789 bits per heavy atom. The van der Waals surface area contributed by atoms with Crippen molar-refractivity contribution in [1.29, 1.82) is 0 Å². The smallest absolute Gasteiger partial charge is 0.118 e. The van der Waals surface area contributed by atoms with Crippen LogP contribution in [0, 0.1) is 0 Å².